The Balaban J connectivity index is 2.82. The lowest BCUT2D eigenvalue weighted by molar-refractivity contribution is -0.0688. The van der Waals surface area contributed by atoms with E-state index in [-0.39, 0.29) is 16.9 Å². The predicted octanol–water partition coefficient (Wildman–Crippen LogP) is 3.36. The Hall–Kier alpha value is -3.42. The van der Waals surface area contributed by atoms with E-state index in [4.69, 9.17) is 11.0 Å². The highest BCUT2D eigenvalue weighted by atomic mass is 19.4. The van der Waals surface area contributed by atoms with Crippen molar-refractivity contribution in [1.29, 1.82) is 5.26 Å². The fraction of sp³-hybridized carbons (Fsp3) is 0.188. The number of aromatic nitrogens is 2. The van der Waals surface area contributed by atoms with Crippen molar-refractivity contribution in [2.45, 2.75) is 13.1 Å². The monoisotopic (exact) mass is 386 g/mol. The molecule has 0 unspecified atom stereocenters. The van der Waals surface area contributed by atoms with Gasteiger partial charge in [-0.05, 0) is 19.1 Å². The molecule has 0 aliphatic rings. The van der Waals surface area contributed by atoms with Gasteiger partial charge < -0.3 is 10.5 Å². The number of carbonyl (C=O) groups is 1. The van der Waals surface area contributed by atoms with Crippen LogP contribution in [0.5, 0.6) is 0 Å². The van der Waals surface area contributed by atoms with Gasteiger partial charge >= 0.3 is 12.1 Å². The molecule has 0 amide bonds. The Labute approximate surface area is 149 Å². The lowest BCUT2D eigenvalue weighted by atomic mass is 10.1. The number of allylic oxidation sites excluding steroid dienone is 1. The van der Waals surface area contributed by atoms with Crippen molar-refractivity contribution in [2.24, 2.45) is 0 Å². The van der Waals surface area contributed by atoms with Crippen LogP contribution in [0.25, 0.3) is 11.3 Å². The first-order valence-corrected chi connectivity index (χ1v) is 7.24. The summed E-state index contributed by atoms with van der Waals surface area (Å²) in [6.45, 7) is 4.05. The van der Waals surface area contributed by atoms with Crippen LogP contribution in [0.1, 0.15) is 28.7 Å². The van der Waals surface area contributed by atoms with Crippen molar-refractivity contribution in [2.75, 3.05) is 12.3 Å². The summed E-state index contributed by atoms with van der Waals surface area (Å²) in [5.74, 6) is -3.93. The maximum absolute atomic E-state index is 14.3. The normalized spacial score (nSPS) is 11.1. The van der Waals surface area contributed by atoms with E-state index in [9.17, 15) is 26.7 Å². The Morgan fingerprint density at radius 3 is 2.37 bits per heavy atom. The second-order valence-electron chi connectivity index (χ2n) is 5.12. The summed E-state index contributed by atoms with van der Waals surface area (Å²) < 4.78 is 72.4. The lowest BCUT2D eigenvalue weighted by Gasteiger charge is -2.09. The molecule has 142 valence electrons. The van der Waals surface area contributed by atoms with Gasteiger partial charge in [0.25, 0.3) is 0 Å². The third-order valence-corrected chi connectivity index (χ3v) is 3.38. The first-order valence-electron chi connectivity index (χ1n) is 7.24. The fourth-order valence-electron chi connectivity index (χ4n) is 2.18. The summed E-state index contributed by atoms with van der Waals surface area (Å²) in [5, 5.41) is 12.2. The van der Waals surface area contributed by atoms with Crippen molar-refractivity contribution >= 4 is 17.2 Å². The molecular formula is C16H11F5N4O2. The number of nitrogens with two attached hydrogens (primary N) is 1. The topological polar surface area (TPSA) is 93.9 Å². The van der Waals surface area contributed by atoms with Crippen LogP contribution in [0.15, 0.2) is 18.7 Å². The van der Waals surface area contributed by atoms with Gasteiger partial charge in [-0.1, -0.05) is 6.58 Å². The summed E-state index contributed by atoms with van der Waals surface area (Å²) in [7, 11) is 0. The van der Waals surface area contributed by atoms with Crippen LogP contribution in [0.2, 0.25) is 0 Å². The summed E-state index contributed by atoms with van der Waals surface area (Å²) >= 11 is 0. The van der Waals surface area contributed by atoms with Gasteiger partial charge in [-0.2, -0.15) is 23.5 Å². The highest BCUT2D eigenvalue weighted by Gasteiger charge is 2.38. The number of nitrogens with zero attached hydrogens (tertiary/aromatic N) is 3. The molecule has 0 saturated heterocycles. The van der Waals surface area contributed by atoms with Crippen molar-refractivity contribution in [3.05, 3.63) is 47.3 Å². The Morgan fingerprint density at radius 1 is 1.37 bits per heavy atom. The standard InChI is InChI=1S/C16H11F5N4O2/c1-3-27-15(26)14-11(23)12(7(2)16(19,20)21)24-25(14)13-9(17)4-8(6-22)5-10(13)18/h4-5H,2-3,23H2,1H3. The molecule has 2 rings (SSSR count). The molecule has 0 aliphatic heterocycles. The average molecular weight is 386 g/mol. The van der Waals surface area contributed by atoms with E-state index >= 15 is 0 Å². The van der Waals surface area contributed by atoms with Gasteiger partial charge in [0.2, 0.25) is 0 Å². The fourth-order valence-corrected chi connectivity index (χ4v) is 2.18. The smallest absolute Gasteiger partial charge is 0.418 e. The van der Waals surface area contributed by atoms with E-state index in [1.807, 2.05) is 0 Å². The minimum Gasteiger partial charge on any atom is -0.461 e. The van der Waals surface area contributed by atoms with E-state index in [0.717, 1.165) is 0 Å². The van der Waals surface area contributed by atoms with Crippen LogP contribution in [0.4, 0.5) is 27.6 Å². The summed E-state index contributed by atoms with van der Waals surface area (Å²) in [5.41, 5.74) is 0.101. The highest BCUT2D eigenvalue weighted by Crippen LogP contribution is 2.37. The van der Waals surface area contributed by atoms with E-state index < -0.39 is 52.1 Å². The molecule has 11 heteroatoms. The van der Waals surface area contributed by atoms with Gasteiger partial charge in [-0.15, -0.1) is 0 Å². The molecular weight excluding hydrogens is 375 g/mol. The number of rotatable bonds is 4. The van der Waals surface area contributed by atoms with Gasteiger partial charge in [0.05, 0.1) is 29.5 Å². The van der Waals surface area contributed by atoms with E-state index in [0.29, 0.717) is 12.1 Å². The van der Waals surface area contributed by atoms with Gasteiger partial charge in [-0.25, -0.2) is 18.3 Å². The number of alkyl halides is 3. The van der Waals surface area contributed by atoms with Crippen LogP contribution in [0, 0.1) is 23.0 Å². The second kappa shape index (κ2) is 7.06. The highest BCUT2D eigenvalue weighted by molar-refractivity contribution is 5.97. The number of nitriles is 1. The molecule has 0 spiro atoms. The van der Waals surface area contributed by atoms with Gasteiger partial charge in [0, 0.05) is 0 Å². The molecule has 0 saturated carbocycles. The van der Waals surface area contributed by atoms with E-state index in [1.165, 1.54) is 13.0 Å². The quantitative estimate of drug-likeness (QED) is 0.642. The molecule has 6 nitrogen and oxygen atoms in total. The largest absolute Gasteiger partial charge is 0.461 e. The molecule has 1 aromatic carbocycles. The van der Waals surface area contributed by atoms with Gasteiger partial charge in [0.15, 0.2) is 17.3 Å². The molecule has 1 aromatic heterocycles. The first kappa shape index (κ1) is 19.9. The summed E-state index contributed by atoms with van der Waals surface area (Å²) in [6, 6.07) is 2.77. The zero-order chi connectivity index (χ0) is 20.5. The Kier molecular flexibility index (Phi) is 5.21. The van der Waals surface area contributed by atoms with Gasteiger partial charge in [-0.3, -0.25) is 0 Å². The third-order valence-electron chi connectivity index (χ3n) is 3.38. The number of esters is 1. The number of carbonyl (C=O) groups excluding carboxylic acids is 1. The third kappa shape index (κ3) is 3.59. The van der Waals surface area contributed by atoms with Crippen LogP contribution in [-0.4, -0.2) is 28.5 Å². The Morgan fingerprint density at radius 2 is 1.93 bits per heavy atom. The second-order valence-corrected chi connectivity index (χ2v) is 5.12. The van der Waals surface area contributed by atoms with Crippen molar-refractivity contribution in [1.82, 2.24) is 9.78 Å². The van der Waals surface area contributed by atoms with Crippen molar-refractivity contribution in [3.8, 4) is 11.8 Å². The molecule has 1 heterocycles. The molecule has 0 aliphatic carbocycles. The minimum absolute atomic E-state index is 0.183. The van der Waals surface area contributed by atoms with Crippen molar-refractivity contribution < 1.29 is 31.5 Å². The molecule has 0 atom stereocenters. The summed E-state index contributed by atoms with van der Waals surface area (Å²) in [6.07, 6.45) is -4.96. The number of halogens is 5. The molecule has 27 heavy (non-hydrogen) atoms. The van der Waals surface area contributed by atoms with E-state index in [2.05, 4.69) is 16.4 Å². The predicted molar refractivity (Wildman–Crippen MR) is 83.7 cm³/mol. The zero-order valence-corrected chi connectivity index (χ0v) is 13.7. The van der Waals surface area contributed by atoms with Crippen molar-refractivity contribution in [3.63, 3.8) is 0 Å². The molecule has 0 fully saturated rings. The number of ether oxygens (including phenoxy) is 1. The summed E-state index contributed by atoms with van der Waals surface area (Å²) in [4.78, 5) is 12.1. The SMILES string of the molecule is C=C(c1nn(-c2c(F)cc(C#N)cc2F)c(C(=O)OCC)c1N)C(F)(F)F. The van der Waals surface area contributed by atoms with Crippen LogP contribution in [0.3, 0.4) is 0 Å². The number of hydrogen-bond donors (Lipinski definition) is 1. The van der Waals surface area contributed by atoms with Crippen LogP contribution >= 0.6 is 0 Å². The zero-order valence-electron chi connectivity index (χ0n) is 13.7. The number of nitrogen functional groups attached to an aromatic ring is 1. The first-order chi connectivity index (χ1) is 12.5. The minimum atomic E-state index is -4.96. The average Bonchev–Trinajstić information content (AvgIpc) is 2.89. The molecule has 0 radical (unpaired) electrons. The lowest BCUT2D eigenvalue weighted by Crippen LogP contribution is -2.15. The number of benzene rings is 1. The van der Waals surface area contributed by atoms with E-state index in [1.54, 1.807) is 0 Å². The van der Waals surface area contributed by atoms with Gasteiger partial charge in [0.1, 0.15) is 11.4 Å². The van der Waals surface area contributed by atoms with Crippen LogP contribution in [-0.2, 0) is 4.74 Å². The Bertz CT molecular complexity index is 949. The number of hydrogen-bond acceptors (Lipinski definition) is 5. The maximum Gasteiger partial charge on any atom is 0.418 e. The molecule has 2 N–H and O–H groups in total. The van der Waals surface area contributed by atoms with Crippen LogP contribution < -0.4 is 5.73 Å². The molecule has 0 bridgehead atoms. The number of anilines is 1. The maximum atomic E-state index is 14.3. The molecule has 2 aromatic rings.